The van der Waals surface area contributed by atoms with E-state index in [4.69, 9.17) is 9.15 Å². The average molecular weight is 308 g/mol. The molecule has 0 saturated carbocycles. The third kappa shape index (κ3) is 3.45. The fourth-order valence-electron chi connectivity index (χ4n) is 2.15. The van der Waals surface area contributed by atoms with Gasteiger partial charge < -0.3 is 9.15 Å². The number of hydrogen-bond acceptors (Lipinski definition) is 5. The van der Waals surface area contributed by atoms with Crippen molar-refractivity contribution in [3.63, 3.8) is 0 Å². The molecule has 3 aromatic rings. The molecular weight excluding hydrogens is 292 g/mol. The maximum Gasteiger partial charge on any atom is 0.338 e. The number of carbonyl (C=O) groups excluding carboxylic acids is 1. The first kappa shape index (κ1) is 15.0. The van der Waals surface area contributed by atoms with Crippen molar-refractivity contribution >= 4 is 5.97 Å². The van der Waals surface area contributed by atoms with Gasteiger partial charge in [-0.05, 0) is 38.1 Å². The highest BCUT2D eigenvalue weighted by atomic mass is 16.6. The van der Waals surface area contributed by atoms with Gasteiger partial charge in [0.15, 0.2) is 6.10 Å². The largest absolute Gasteiger partial charge is 0.449 e. The molecule has 0 spiro atoms. The Morgan fingerprint density at radius 1 is 1.09 bits per heavy atom. The maximum atomic E-state index is 12.1. The van der Waals surface area contributed by atoms with Gasteiger partial charge in [0.25, 0.3) is 5.89 Å². The highest BCUT2D eigenvalue weighted by Gasteiger charge is 2.19. The van der Waals surface area contributed by atoms with Crippen molar-refractivity contribution in [2.45, 2.75) is 20.0 Å². The summed E-state index contributed by atoms with van der Waals surface area (Å²) in [6.45, 7) is 3.63. The lowest BCUT2D eigenvalue weighted by atomic mass is 10.1. The lowest BCUT2D eigenvalue weighted by Gasteiger charge is -2.09. The molecular formula is C18H16N2O3. The monoisotopic (exact) mass is 308 g/mol. The summed E-state index contributed by atoms with van der Waals surface area (Å²) >= 11 is 0. The van der Waals surface area contributed by atoms with Crippen molar-refractivity contribution in [3.05, 3.63) is 71.6 Å². The van der Waals surface area contributed by atoms with E-state index in [0.29, 0.717) is 11.5 Å². The smallest absolute Gasteiger partial charge is 0.338 e. The minimum absolute atomic E-state index is 0.268. The summed E-state index contributed by atoms with van der Waals surface area (Å²) in [5.41, 5.74) is 2.32. The van der Waals surface area contributed by atoms with Crippen LogP contribution in [0.25, 0.3) is 11.5 Å². The molecule has 0 saturated heterocycles. The Hall–Kier alpha value is -2.95. The molecule has 0 radical (unpaired) electrons. The van der Waals surface area contributed by atoms with Crippen LogP contribution >= 0.6 is 0 Å². The second-order valence-corrected chi connectivity index (χ2v) is 5.23. The Morgan fingerprint density at radius 3 is 2.61 bits per heavy atom. The second kappa shape index (κ2) is 6.44. The molecule has 116 valence electrons. The Labute approximate surface area is 133 Å². The van der Waals surface area contributed by atoms with Gasteiger partial charge >= 0.3 is 5.97 Å². The summed E-state index contributed by atoms with van der Waals surface area (Å²) in [5, 5.41) is 7.96. The zero-order valence-electron chi connectivity index (χ0n) is 12.9. The Morgan fingerprint density at radius 2 is 1.87 bits per heavy atom. The van der Waals surface area contributed by atoms with Crippen LogP contribution in [-0.4, -0.2) is 16.2 Å². The zero-order valence-corrected chi connectivity index (χ0v) is 12.9. The van der Waals surface area contributed by atoms with Crippen LogP contribution in [0.1, 0.15) is 34.8 Å². The molecule has 0 aliphatic rings. The molecule has 1 heterocycles. The normalized spacial score (nSPS) is 11.9. The van der Waals surface area contributed by atoms with Gasteiger partial charge in [-0.1, -0.05) is 35.9 Å². The molecule has 2 aromatic carbocycles. The number of aryl methyl sites for hydroxylation is 1. The highest BCUT2D eigenvalue weighted by molar-refractivity contribution is 5.89. The lowest BCUT2D eigenvalue weighted by molar-refractivity contribution is 0.0280. The van der Waals surface area contributed by atoms with Crippen molar-refractivity contribution in [2.75, 3.05) is 0 Å². The van der Waals surface area contributed by atoms with Crippen LogP contribution in [0.5, 0.6) is 0 Å². The third-order valence-electron chi connectivity index (χ3n) is 3.35. The van der Waals surface area contributed by atoms with Gasteiger partial charge in [-0.3, -0.25) is 0 Å². The molecule has 1 atom stereocenters. The molecule has 0 amide bonds. The van der Waals surface area contributed by atoms with Crippen LogP contribution in [0, 0.1) is 6.92 Å². The molecule has 5 nitrogen and oxygen atoms in total. The molecule has 0 unspecified atom stereocenters. The van der Waals surface area contributed by atoms with Crippen LogP contribution in [-0.2, 0) is 4.74 Å². The molecule has 0 bridgehead atoms. The molecule has 0 fully saturated rings. The minimum Gasteiger partial charge on any atom is -0.449 e. The number of esters is 1. The van der Waals surface area contributed by atoms with Gasteiger partial charge in [0, 0.05) is 5.56 Å². The van der Waals surface area contributed by atoms with Crippen molar-refractivity contribution < 1.29 is 13.9 Å². The number of ether oxygens (including phenoxy) is 1. The van der Waals surface area contributed by atoms with E-state index in [-0.39, 0.29) is 5.89 Å². The molecule has 1 aromatic heterocycles. The molecule has 23 heavy (non-hydrogen) atoms. The van der Waals surface area contributed by atoms with Crippen molar-refractivity contribution in [2.24, 2.45) is 0 Å². The van der Waals surface area contributed by atoms with E-state index >= 15 is 0 Å². The van der Waals surface area contributed by atoms with E-state index in [0.717, 1.165) is 11.1 Å². The Kier molecular flexibility index (Phi) is 4.19. The Balaban J connectivity index is 1.73. The summed E-state index contributed by atoms with van der Waals surface area (Å²) in [6.07, 6.45) is -0.618. The van der Waals surface area contributed by atoms with E-state index in [1.807, 2.05) is 49.4 Å². The van der Waals surface area contributed by atoms with E-state index in [1.165, 1.54) is 0 Å². The molecule has 3 rings (SSSR count). The standard InChI is InChI=1S/C18H16N2O3/c1-12-7-6-10-15(11-12)18(21)22-13(2)16-19-20-17(23-16)14-8-4-3-5-9-14/h3-11,13H,1-2H3/t13-/m1/s1. The number of hydrogen-bond donors (Lipinski definition) is 0. The predicted molar refractivity (Wildman–Crippen MR) is 84.7 cm³/mol. The zero-order chi connectivity index (χ0) is 16.2. The quantitative estimate of drug-likeness (QED) is 0.682. The minimum atomic E-state index is -0.618. The number of nitrogens with zero attached hydrogens (tertiary/aromatic N) is 2. The SMILES string of the molecule is Cc1cccc(C(=O)O[C@H](C)c2nnc(-c3ccccc3)o2)c1. The van der Waals surface area contributed by atoms with E-state index in [9.17, 15) is 4.79 Å². The molecule has 0 aliphatic heterocycles. The van der Waals surface area contributed by atoms with Crippen LogP contribution in [0.15, 0.2) is 59.0 Å². The van der Waals surface area contributed by atoms with Crippen molar-refractivity contribution in [1.82, 2.24) is 10.2 Å². The first-order valence-electron chi connectivity index (χ1n) is 7.30. The summed E-state index contributed by atoms with van der Waals surface area (Å²) in [5.74, 6) is 0.254. The number of benzene rings is 2. The van der Waals surface area contributed by atoms with Crippen LogP contribution in [0.4, 0.5) is 0 Å². The number of carbonyl (C=O) groups is 1. The van der Waals surface area contributed by atoms with E-state index in [1.54, 1.807) is 19.1 Å². The second-order valence-electron chi connectivity index (χ2n) is 5.23. The molecule has 0 aliphatic carbocycles. The van der Waals surface area contributed by atoms with Crippen LogP contribution in [0.2, 0.25) is 0 Å². The fourth-order valence-corrected chi connectivity index (χ4v) is 2.15. The van der Waals surface area contributed by atoms with Gasteiger partial charge in [0.1, 0.15) is 0 Å². The van der Waals surface area contributed by atoms with E-state index < -0.39 is 12.1 Å². The van der Waals surface area contributed by atoms with Crippen molar-refractivity contribution in [1.29, 1.82) is 0 Å². The van der Waals surface area contributed by atoms with Crippen LogP contribution in [0.3, 0.4) is 0 Å². The summed E-state index contributed by atoms with van der Waals surface area (Å²) in [4.78, 5) is 12.1. The summed E-state index contributed by atoms with van der Waals surface area (Å²) in [6, 6.07) is 16.7. The first-order chi connectivity index (χ1) is 11.1. The molecule has 0 N–H and O–H groups in total. The van der Waals surface area contributed by atoms with E-state index in [2.05, 4.69) is 10.2 Å². The average Bonchev–Trinajstić information content (AvgIpc) is 3.06. The van der Waals surface area contributed by atoms with Gasteiger partial charge in [-0.15, -0.1) is 10.2 Å². The van der Waals surface area contributed by atoms with Gasteiger partial charge in [-0.2, -0.15) is 0 Å². The predicted octanol–water partition coefficient (Wildman–Crippen LogP) is 3.96. The topological polar surface area (TPSA) is 65.2 Å². The Bertz CT molecular complexity index is 812. The number of aromatic nitrogens is 2. The highest BCUT2D eigenvalue weighted by Crippen LogP contribution is 2.22. The van der Waals surface area contributed by atoms with Crippen molar-refractivity contribution in [3.8, 4) is 11.5 Å². The summed E-state index contributed by atoms with van der Waals surface area (Å²) in [7, 11) is 0. The third-order valence-corrected chi connectivity index (χ3v) is 3.35. The lowest BCUT2D eigenvalue weighted by Crippen LogP contribution is -2.09. The van der Waals surface area contributed by atoms with Gasteiger partial charge in [0.05, 0.1) is 5.56 Å². The number of rotatable bonds is 4. The van der Waals surface area contributed by atoms with Gasteiger partial charge in [0.2, 0.25) is 5.89 Å². The van der Waals surface area contributed by atoms with Gasteiger partial charge in [-0.25, -0.2) is 4.79 Å². The fraction of sp³-hybridized carbons (Fsp3) is 0.167. The maximum absolute atomic E-state index is 12.1. The van der Waals surface area contributed by atoms with Crippen LogP contribution < -0.4 is 0 Å². The molecule has 5 heteroatoms. The first-order valence-corrected chi connectivity index (χ1v) is 7.30. The summed E-state index contributed by atoms with van der Waals surface area (Å²) < 4.78 is 11.0.